The molecule has 82 valence electrons. The number of hydrogen-bond donors (Lipinski definition) is 2. The SMILES string of the molecule is OC[C@@H](N[C@@H]1CCSC1)c1ccccc1. The first-order valence-corrected chi connectivity index (χ1v) is 6.55. The highest BCUT2D eigenvalue weighted by atomic mass is 32.2. The van der Waals surface area contributed by atoms with Crippen molar-refractivity contribution in [1.29, 1.82) is 0 Å². The van der Waals surface area contributed by atoms with Gasteiger partial charge in [0.15, 0.2) is 0 Å². The Morgan fingerprint density at radius 2 is 2.20 bits per heavy atom. The molecule has 3 heteroatoms. The van der Waals surface area contributed by atoms with Gasteiger partial charge in [0.1, 0.15) is 0 Å². The van der Waals surface area contributed by atoms with Crippen LogP contribution in [-0.4, -0.2) is 29.3 Å². The molecule has 1 heterocycles. The van der Waals surface area contributed by atoms with Crippen molar-refractivity contribution in [3.63, 3.8) is 0 Å². The first-order valence-electron chi connectivity index (χ1n) is 5.40. The van der Waals surface area contributed by atoms with E-state index in [1.54, 1.807) is 0 Å². The number of aliphatic hydroxyl groups is 1. The summed E-state index contributed by atoms with van der Waals surface area (Å²) < 4.78 is 0. The molecule has 2 rings (SSSR count). The standard InChI is InChI=1S/C12H17NOS/c14-8-12(10-4-2-1-3-5-10)13-11-6-7-15-9-11/h1-5,11-14H,6-9H2/t11-,12-/m1/s1. The number of aliphatic hydroxyl groups excluding tert-OH is 1. The van der Waals surface area contributed by atoms with Crippen LogP contribution in [-0.2, 0) is 0 Å². The molecule has 0 unspecified atom stereocenters. The molecule has 0 aliphatic carbocycles. The van der Waals surface area contributed by atoms with Gasteiger partial charge in [0.05, 0.1) is 12.6 Å². The van der Waals surface area contributed by atoms with Crippen LogP contribution in [0.1, 0.15) is 18.0 Å². The first-order chi connectivity index (χ1) is 7.40. The van der Waals surface area contributed by atoms with Gasteiger partial charge in [-0.05, 0) is 17.7 Å². The Bertz CT molecular complexity index is 285. The zero-order chi connectivity index (χ0) is 10.5. The minimum absolute atomic E-state index is 0.0925. The van der Waals surface area contributed by atoms with Gasteiger partial charge in [-0.1, -0.05) is 30.3 Å². The summed E-state index contributed by atoms with van der Waals surface area (Å²) in [6, 6.07) is 10.8. The molecule has 2 N–H and O–H groups in total. The van der Waals surface area contributed by atoms with E-state index in [1.807, 2.05) is 30.0 Å². The number of benzene rings is 1. The fraction of sp³-hybridized carbons (Fsp3) is 0.500. The van der Waals surface area contributed by atoms with Crippen molar-refractivity contribution in [2.75, 3.05) is 18.1 Å². The first kappa shape index (κ1) is 11.0. The van der Waals surface area contributed by atoms with Gasteiger partial charge in [0.25, 0.3) is 0 Å². The van der Waals surface area contributed by atoms with Crippen LogP contribution in [0.5, 0.6) is 0 Å². The lowest BCUT2D eigenvalue weighted by atomic mass is 10.1. The maximum absolute atomic E-state index is 9.37. The van der Waals surface area contributed by atoms with Gasteiger partial charge in [0, 0.05) is 11.8 Å². The van der Waals surface area contributed by atoms with Crippen LogP contribution < -0.4 is 5.32 Å². The Labute approximate surface area is 95.1 Å². The molecule has 0 amide bonds. The zero-order valence-corrected chi connectivity index (χ0v) is 9.54. The third-order valence-corrected chi connectivity index (χ3v) is 3.91. The molecule has 1 fully saturated rings. The van der Waals surface area contributed by atoms with E-state index in [1.165, 1.54) is 23.5 Å². The molecule has 0 aromatic heterocycles. The van der Waals surface area contributed by atoms with Gasteiger partial charge in [0.2, 0.25) is 0 Å². The molecule has 2 atom stereocenters. The van der Waals surface area contributed by atoms with Crippen LogP contribution in [0.3, 0.4) is 0 Å². The molecule has 2 nitrogen and oxygen atoms in total. The number of rotatable bonds is 4. The average Bonchev–Trinajstić information content (AvgIpc) is 2.80. The van der Waals surface area contributed by atoms with Crippen LogP contribution in [0.25, 0.3) is 0 Å². The summed E-state index contributed by atoms with van der Waals surface area (Å²) in [6.07, 6.45) is 1.22. The summed E-state index contributed by atoms with van der Waals surface area (Å²) >= 11 is 1.99. The Kier molecular flexibility index (Phi) is 4.06. The van der Waals surface area contributed by atoms with Crippen molar-refractivity contribution in [3.05, 3.63) is 35.9 Å². The molecule has 1 saturated heterocycles. The smallest absolute Gasteiger partial charge is 0.0626 e. The van der Waals surface area contributed by atoms with Crippen molar-refractivity contribution >= 4 is 11.8 Å². The van der Waals surface area contributed by atoms with E-state index in [0.29, 0.717) is 6.04 Å². The summed E-state index contributed by atoms with van der Waals surface area (Å²) in [7, 11) is 0. The minimum Gasteiger partial charge on any atom is -0.394 e. The summed E-state index contributed by atoms with van der Waals surface area (Å²) in [5, 5.41) is 12.9. The molecule has 15 heavy (non-hydrogen) atoms. The molecule has 0 bridgehead atoms. The highest BCUT2D eigenvalue weighted by Gasteiger charge is 2.19. The summed E-state index contributed by atoms with van der Waals surface area (Å²) in [5.74, 6) is 2.41. The Hall–Kier alpha value is -0.510. The van der Waals surface area contributed by atoms with Crippen molar-refractivity contribution in [2.24, 2.45) is 0 Å². The second kappa shape index (κ2) is 5.54. The molecule has 0 spiro atoms. The lowest BCUT2D eigenvalue weighted by molar-refractivity contribution is 0.236. The fourth-order valence-corrected chi connectivity index (χ4v) is 3.06. The third-order valence-electron chi connectivity index (χ3n) is 2.75. The van der Waals surface area contributed by atoms with E-state index < -0.39 is 0 Å². The van der Waals surface area contributed by atoms with Crippen LogP contribution >= 0.6 is 11.8 Å². The van der Waals surface area contributed by atoms with Gasteiger partial charge in [-0.3, -0.25) is 0 Å². The Balaban J connectivity index is 1.97. The molecule has 1 aromatic carbocycles. The topological polar surface area (TPSA) is 32.3 Å². The molecule has 1 aliphatic heterocycles. The quantitative estimate of drug-likeness (QED) is 0.816. The molecule has 1 aliphatic rings. The van der Waals surface area contributed by atoms with Crippen LogP contribution in [0, 0.1) is 0 Å². The largest absolute Gasteiger partial charge is 0.394 e. The minimum atomic E-state index is 0.0925. The second-order valence-electron chi connectivity index (χ2n) is 3.87. The lowest BCUT2D eigenvalue weighted by Gasteiger charge is -2.20. The maximum atomic E-state index is 9.37. The summed E-state index contributed by atoms with van der Waals surface area (Å²) in [4.78, 5) is 0. The lowest BCUT2D eigenvalue weighted by Crippen LogP contribution is -2.34. The van der Waals surface area contributed by atoms with Gasteiger partial charge in [-0.25, -0.2) is 0 Å². The van der Waals surface area contributed by atoms with Crippen molar-refractivity contribution in [2.45, 2.75) is 18.5 Å². The highest BCUT2D eigenvalue weighted by molar-refractivity contribution is 7.99. The zero-order valence-electron chi connectivity index (χ0n) is 8.73. The Morgan fingerprint density at radius 3 is 2.80 bits per heavy atom. The second-order valence-corrected chi connectivity index (χ2v) is 5.02. The van der Waals surface area contributed by atoms with Crippen molar-refractivity contribution < 1.29 is 5.11 Å². The van der Waals surface area contributed by atoms with E-state index in [0.717, 1.165) is 0 Å². The summed E-state index contributed by atoms with van der Waals surface area (Å²) in [5.41, 5.74) is 1.18. The van der Waals surface area contributed by atoms with Crippen molar-refractivity contribution in [1.82, 2.24) is 5.32 Å². The average molecular weight is 223 g/mol. The van der Waals surface area contributed by atoms with Crippen LogP contribution in [0.2, 0.25) is 0 Å². The molecule has 0 saturated carbocycles. The van der Waals surface area contributed by atoms with E-state index in [-0.39, 0.29) is 12.6 Å². The molecule has 1 aromatic rings. The normalized spacial score (nSPS) is 22.9. The number of thioether (sulfide) groups is 1. The molecular formula is C12H17NOS. The van der Waals surface area contributed by atoms with E-state index >= 15 is 0 Å². The third kappa shape index (κ3) is 2.97. The van der Waals surface area contributed by atoms with E-state index in [2.05, 4.69) is 17.4 Å². The molecular weight excluding hydrogens is 206 g/mol. The predicted molar refractivity (Wildman–Crippen MR) is 65.1 cm³/mol. The van der Waals surface area contributed by atoms with E-state index in [9.17, 15) is 5.11 Å². The number of nitrogens with one attached hydrogen (secondary N) is 1. The highest BCUT2D eigenvalue weighted by Crippen LogP contribution is 2.21. The van der Waals surface area contributed by atoms with Crippen LogP contribution in [0.4, 0.5) is 0 Å². The van der Waals surface area contributed by atoms with Gasteiger partial charge in [-0.15, -0.1) is 0 Å². The number of hydrogen-bond acceptors (Lipinski definition) is 3. The fourth-order valence-electron chi connectivity index (χ4n) is 1.89. The van der Waals surface area contributed by atoms with Gasteiger partial charge in [-0.2, -0.15) is 11.8 Å². The van der Waals surface area contributed by atoms with Crippen LogP contribution in [0.15, 0.2) is 30.3 Å². The van der Waals surface area contributed by atoms with Gasteiger partial charge < -0.3 is 10.4 Å². The molecule has 0 radical (unpaired) electrons. The Morgan fingerprint density at radius 1 is 1.40 bits per heavy atom. The van der Waals surface area contributed by atoms with Gasteiger partial charge >= 0.3 is 0 Å². The van der Waals surface area contributed by atoms with E-state index in [4.69, 9.17) is 0 Å². The maximum Gasteiger partial charge on any atom is 0.0626 e. The summed E-state index contributed by atoms with van der Waals surface area (Å²) in [6.45, 7) is 0.172. The predicted octanol–water partition coefficient (Wildman–Crippen LogP) is 1.82. The monoisotopic (exact) mass is 223 g/mol. The van der Waals surface area contributed by atoms with Crippen molar-refractivity contribution in [3.8, 4) is 0 Å².